The molecule has 1 N–H and O–H groups in total. The van der Waals surface area contributed by atoms with E-state index in [0.29, 0.717) is 10.6 Å². The molecule has 3 aromatic carbocycles. The Morgan fingerprint density at radius 3 is 2.20 bits per heavy atom. The first-order valence-electron chi connectivity index (χ1n) is 12.4. The minimum atomic E-state index is -4.31. The molecule has 0 aromatic heterocycles. The van der Waals surface area contributed by atoms with Crippen molar-refractivity contribution in [3.63, 3.8) is 0 Å². The fourth-order valence-corrected chi connectivity index (χ4v) is 6.09. The zero-order valence-corrected chi connectivity index (χ0v) is 25.2. The third-order valence-electron chi connectivity index (χ3n) is 5.97. The molecule has 12 heteroatoms. The van der Waals surface area contributed by atoms with Gasteiger partial charge in [0.25, 0.3) is 10.0 Å². The number of carbonyl (C=O) groups is 2. The van der Waals surface area contributed by atoms with Gasteiger partial charge in [0.15, 0.2) is 0 Å². The molecule has 7 nitrogen and oxygen atoms in total. The predicted molar refractivity (Wildman–Crippen MR) is 157 cm³/mol. The zero-order valence-electron chi connectivity index (χ0n) is 22.1. The van der Waals surface area contributed by atoms with Crippen molar-refractivity contribution >= 4 is 62.3 Å². The van der Waals surface area contributed by atoms with Gasteiger partial charge in [-0.3, -0.25) is 13.9 Å². The average molecular weight is 629 g/mol. The Morgan fingerprint density at radius 2 is 1.62 bits per heavy atom. The van der Waals surface area contributed by atoms with E-state index in [-0.39, 0.29) is 39.6 Å². The lowest BCUT2D eigenvalue weighted by Gasteiger charge is -2.33. The third kappa shape index (κ3) is 7.66. The van der Waals surface area contributed by atoms with E-state index in [4.69, 9.17) is 34.8 Å². The number of hydrogen-bond donors (Lipinski definition) is 1. The Morgan fingerprint density at radius 1 is 0.950 bits per heavy atom. The third-order valence-corrected chi connectivity index (χ3v) is 8.64. The van der Waals surface area contributed by atoms with E-state index in [1.54, 1.807) is 51.1 Å². The molecule has 2 amide bonds. The van der Waals surface area contributed by atoms with Crippen molar-refractivity contribution in [3.05, 3.63) is 93.2 Å². The monoisotopic (exact) mass is 627 g/mol. The second kappa shape index (κ2) is 13.7. The van der Waals surface area contributed by atoms with E-state index >= 15 is 0 Å². The molecule has 0 unspecified atom stereocenters. The lowest BCUT2D eigenvalue weighted by molar-refractivity contribution is -0.140. The highest BCUT2D eigenvalue weighted by Gasteiger charge is 2.34. The molecule has 0 radical (unpaired) electrons. The van der Waals surface area contributed by atoms with Crippen LogP contribution in [0.15, 0.2) is 71.6 Å². The largest absolute Gasteiger partial charge is 0.352 e. The molecule has 3 aromatic rings. The van der Waals surface area contributed by atoms with Crippen LogP contribution in [0.3, 0.4) is 0 Å². The number of nitrogens with one attached hydrogen (secondary N) is 1. The normalized spacial score (nSPS) is 12.2. The molecular weight excluding hydrogens is 600 g/mol. The summed E-state index contributed by atoms with van der Waals surface area (Å²) in [6.07, 6.45) is 0.239. The van der Waals surface area contributed by atoms with Crippen molar-refractivity contribution in [2.45, 2.75) is 50.7 Å². The number of rotatable bonds is 11. The van der Waals surface area contributed by atoms with Gasteiger partial charge in [0.2, 0.25) is 11.8 Å². The maximum Gasteiger partial charge on any atom is 0.264 e. The molecule has 0 spiro atoms. The molecular formula is C28H29Cl3FN3O4S. The van der Waals surface area contributed by atoms with Crippen LogP contribution in [0.1, 0.15) is 32.8 Å². The number of amides is 2. The van der Waals surface area contributed by atoms with Crippen LogP contribution < -0.4 is 9.62 Å². The molecule has 40 heavy (non-hydrogen) atoms. The highest BCUT2D eigenvalue weighted by molar-refractivity contribution is 7.92. The first kappa shape index (κ1) is 31.7. The molecule has 0 aliphatic carbocycles. The lowest BCUT2D eigenvalue weighted by Crippen LogP contribution is -2.53. The van der Waals surface area contributed by atoms with E-state index in [9.17, 15) is 22.4 Å². The van der Waals surface area contributed by atoms with Crippen molar-refractivity contribution in [3.8, 4) is 0 Å². The molecule has 1 atom stereocenters. The molecule has 0 aliphatic rings. The lowest BCUT2D eigenvalue weighted by atomic mass is 10.1. The van der Waals surface area contributed by atoms with Crippen molar-refractivity contribution in [1.82, 2.24) is 10.2 Å². The summed E-state index contributed by atoms with van der Waals surface area (Å²) in [7, 11) is -4.31. The Kier molecular flexibility index (Phi) is 10.8. The van der Waals surface area contributed by atoms with Gasteiger partial charge in [0.05, 0.1) is 15.6 Å². The van der Waals surface area contributed by atoms with E-state index in [1.807, 2.05) is 0 Å². The quantitative estimate of drug-likeness (QED) is 0.270. The van der Waals surface area contributed by atoms with Crippen LogP contribution in [0.25, 0.3) is 0 Å². The first-order valence-corrected chi connectivity index (χ1v) is 15.0. The topological polar surface area (TPSA) is 86.8 Å². The van der Waals surface area contributed by atoms with Crippen molar-refractivity contribution < 1.29 is 22.4 Å². The molecule has 0 bridgehead atoms. The molecule has 0 saturated carbocycles. The zero-order chi connectivity index (χ0) is 29.6. The molecule has 3 rings (SSSR count). The predicted octanol–water partition coefficient (Wildman–Crippen LogP) is 6.31. The summed E-state index contributed by atoms with van der Waals surface area (Å²) in [5.74, 6) is -1.83. The van der Waals surface area contributed by atoms with Crippen LogP contribution >= 0.6 is 34.8 Å². The van der Waals surface area contributed by atoms with Crippen LogP contribution in [0.4, 0.5) is 10.1 Å². The Balaban J connectivity index is 2.10. The van der Waals surface area contributed by atoms with E-state index in [0.717, 1.165) is 16.4 Å². The van der Waals surface area contributed by atoms with Crippen molar-refractivity contribution in [2.24, 2.45) is 0 Å². The van der Waals surface area contributed by atoms with Gasteiger partial charge in [-0.25, -0.2) is 12.8 Å². The van der Waals surface area contributed by atoms with Crippen molar-refractivity contribution in [1.29, 1.82) is 0 Å². The Hall–Kier alpha value is -2.85. The highest BCUT2D eigenvalue weighted by Crippen LogP contribution is 2.29. The molecule has 0 heterocycles. The maximum atomic E-state index is 14.0. The fourth-order valence-electron chi connectivity index (χ4n) is 4.02. The van der Waals surface area contributed by atoms with Crippen LogP contribution in [-0.2, 0) is 26.2 Å². The van der Waals surface area contributed by atoms with Gasteiger partial charge < -0.3 is 10.2 Å². The Labute approximate surface area is 248 Å². The smallest absolute Gasteiger partial charge is 0.264 e. The van der Waals surface area contributed by atoms with Gasteiger partial charge in [-0.2, -0.15) is 0 Å². The maximum absolute atomic E-state index is 14.0. The highest BCUT2D eigenvalue weighted by atomic mass is 35.5. The minimum absolute atomic E-state index is 0.0206. The number of nitrogens with zero attached hydrogens (tertiary/aromatic N) is 2. The Bertz CT molecular complexity index is 1470. The summed E-state index contributed by atoms with van der Waals surface area (Å²) in [5.41, 5.74) is 0.491. The van der Waals surface area contributed by atoms with Gasteiger partial charge in [-0.1, -0.05) is 66.0 Å². The number of carbonyl (C=O) groups excluding carboxylic acids is 2. The molecule has 0 saturated heterocycles. The SMILES string of the molecule is CC[C@H](C(=O)NC(C)C)N(Cc1ccc(Cl)cc1Cl)C(=O)CN(c1ccc(F)c(Cl)c1)S(=O)(=O)c1ccccc1. The second-order valence-electron chi connectivity index (χ2n) is 9.27. The summed E-state index contributed by atoms with van der Waals surface area (Å²) in [6, 6.07) is 14.5. The number of anilines is 1. The van der Waals surface area contributed by atoms with Crippen LogP contribution in [0, 0.1) is 5.82 Å². The number of benzene rings is 3. The number of sulfonamides is 1. The second-order valence-corrected chi connectivity index (χ2v) is 12.4. The van der Waals surface area contributed by atoms with Crippen LogP contribution in [0.5, 0.6) is 0 Å². The van der Waals surface area contributed by atoms with Crippen molar-refractivity contribution in [2.75, 3.05) is 10.8 Å². The van der Waals surface area contributed by atoms with Crippen LogP contribution in [0.2, 0.25) is 15.1 Å². The number of hydrogen-bond acceptors (Lipinski definition) is 4. The van der Waals surface area contributed by atoms with Gasteiger partial charge in [0.1, 0.15) is 18.4 Å². The number of halogens is 4. The molecule has 214 valence electrons. The van der Waals surface area contributed by atoms with Gasteiger partial charge >= 0.3 is 0 Å². The summed E-state index contributed by atoms with van der Waals surface area (Å²) >= 11 is 18.4. The van der Waals surface area contributed by atoms with E-state index < -0.39 is 40.2 Å². The van der Waals surface area contributed by atoms with E-state index in [2.05, 4.69) is 5.32 Å². The van der Waals surface area contributed by atoms with Gasteiger partial charge in [-0.05, 0) is 68.3 Å². The summed E-state index contributed by atoms with van der Waals surface area (Å²) in [4.78, 5) is 28.4. The summed E-state index contributed by atoms with van der Waals surface area (Å²) in [5, 5.41) is 3.18. The first-order chi connectivity index (χ1) is 18.8. The molecule has 0 fully saturated rings. The standard InChI is InChI=1S/C28H29Cl3FN3O4S/c1-4-26(28(37)33-18(2)3)34(16-19-10-11-20(29)14-23(19)30)27(36)17-35(21-12-13-25(32)24(31)15-21)40(38,39)22-8-6-5-7-9-22/h5-15,18,26H,4,16-17H2,1-3H3,(H,33,37)/t26-/m1/s1. The summed E-state index contributed by atoms with van der Waals surface area (Å²) < 4.78 is 42.3. The van der Waals surface area contributed by atoms with Crippen LogP contribution in [-0.4, -0.2) is 43.8 Å². The average Bonchev–Trinajstić information content (AvgIpc) is 2.90. The van der Waals surface area contributed by atoms with Gasteiger partial charge in [-0.15, -0.1) is 0 Å². The van der Waals surface area contributed by atoms with E-state index in [1.165, 1.54) is 29.2 Å². The fraction of sp³-hybridized carbons (Fsp3) is 0.286. The van der Waals surface area contributed by atoms with Gasteiger partial charge in [0, 0.05) is 22.6 Å². The summed E-state index contributed by atoms with van der Waals surface area (Å²) in [6.45, 7) is 4.53. The molecule has 0 aliphatic heterocycles. The minimum Gasteiger partial charge on any atom is -0.352 e.